The molecule has 1 aliphatic heterocycles. The zero-order chi connectivity index (χ0) is 11.3. The largest absolute Gasteiger partial charge is 0.385 e. The van der Waals surface area contributed by atoms with E-state index < -0.39 is 0 Å². The average Bonchev–Trinajstić information content (AvgIpc) is 2.63. The minimum absolute atomic E-state index is 0.114. The van der Waals surface area contributed by atoms with E-state index in [1.807, 2.05) is 13.8 Å². The number of hydrogen-bond donors (Lipinski definition) is 2. The minimum atomic E-state index is -0.360. The highest BCUT2D eigenvalue weighted by Gasteiger charge is 2.36. The van der Waals surface area contributed by atoms with E-state index in [1.165, 1.54) is 0 Å². The van der Waals surface area contributed by atoms with E-state index in [1.54, 1.807) is 7.11 Å². The van der Waals surface area contributed by atoms with Crippen molar-refractivity contribution >= 4 is 5.91 Å². The third kappa shape index (κ3) is 3.47. The third-order valence-electron chi connectivity index (χ3n) is 3.00. The summed E-state index contributed by atoms with van der Waals surface area (Å²) in [5.41, 5.74) is -0.360. The molecule has 2 unspecified atom stereocenters. The summed E-state index contributed by atoms with van der Waals surface area (Å²) in [5, 5.41) is 6.27. The number of hydrogen-bond acceptors (Lipinski definition) is 3. The minimum Gasteiger partial charge on any atom is -0.385 e. The van der Waals surface area contributed by atoms with Crippen LogP contribution in [0.3, 0.4) is 0 Å². The van der Waals surface area contributed by atoms with Gasteiger partial charge in [0.1, 0.15) is 0 Å². The molecule has 0 radical (unpaired) electrons. The Bertz CT molecular complexity index is 213. The molecular formula is C11H22N2O2. The standard InChI is InChI=1S/C11H22N2O2/c1-9(5-8-15-3)13-10(14)11(2)6-4-7-12-11/h9,12H,4-8H2,1-3H3,(H,13,14). The first kappa shape index (κ1) is 12.5. The molecule has 88 valence electrons. The van der Waals surface area contributed by atoms with Crippen LogP contribution in [0.15, 0.2) is 0 Å². The predicted molar refractivity (Wildman–Crippen MR) is 59.7 cm³/mol. The van der Waals surface area contributed by atoms with Crippen LogP contribution in [0.25, 0.3) is 0 Å². The average molecular weight is 214 g/mol. The molecule has 0 bridgehead atoms. The molecule has 1 rings (SSSR count). The number of carbonyl (C=O) groups is 1. The quantitative estimate of drug-likeness (QED) is 0.707. The fourth-order valence-electron chi connectivity index (χ4n) is 1.84. The first-order chi connectivity index (χ1) is 7.08. The Morgan fingerprint density at radius 2 is 2.40 bits per heavy atom. The van der Waals surface area contributed by atoms with Gasteiger partial charge in [-0.05, 0) is 39.7 Å². The molecule has 15 heavy (non-hydrogen) atoms. The van der Waals surface area contributed by atoms with Crippen LogP contribution in [0.4, 0.5) is 0 Å². The summed E-state index contributed by atoms with van der Waals surface area (Å²) in [4.78, 5) is 11.9. The first-order valence-corrected chi connectivity index (χ1v) is 5.63. The second-order valence-electron chi connectivity index (χ2n) is 4.52. The molecule has 1 heterocycles. The molecular weight excluding hydrogens is 192 g/mol. The van der Waals surface area contributed by atoms with Crippen LogP contribution in [0.1, 0.15) is 33.1 Å². The predicted octanol–water partition coefficient (Wildman–Crippen LogP) is 0.670. The van der Waals surface area contributed by atoms with Crippen molar-refractivity contribution in [1.82, 2.24) is 10.6 Å². The summed E-state index contributed by atoms with van der Waals surface area (Å²) in [6.07, 6.45) is 2.87. The molecule has 0 saturated carbocycles. The number of methoxy groups -OCH3 is 1. The number of nitrogens with one attached hydrogen (secondary N) is 2. The summed E-state index contributed by atoms with van der Waals surface area (Å²) >= 11 is 0. The van der Waals surface area contributed by atoms with Crippen LogP contribution in [-0.4, -0.2) is 37.7 Å². The van der Waals surface area contributed by atoms with Crippen LogP contribution in [-0.2, 0) is 9.53 Å². The second kappa shape index (κ2) is 5.47. The van der Waals surface area contributed by atoms with E-state index in [4.69, 9.17) is 4.74 Å². The summed E-state index contributed by atoms with van der Waals surface area (Å²) in [6.45, 7) is 5.61. The molecule has 2 atom stereocenters. The van der Waals surface area contributed by atoms with E-state index in [2.05, 4.69) is 10.6 Å². The van der Waals surface area contributed by atoms with Gasteiger partial charge in [-0.25, -0.2) is 0 Å². The molecule has 1 aliphatic rings. The number of amides is 1. The fourth-order valence-corrected chi connectivity index (χ4v) is 1.84. The van der Waals surface area contributed by atoms with E-state index in [-0.39, 0.29) is 17.5 Å². The van der Waals surface area contributed by atoms with Gasteiger partial charge in [0.05, 0.1) is 5.54 Å². The van der Waals surface area contributed by atoms with E-state index in [9.17, 15) is 4.79 Å². The van der Waals surface area contributed by atoms with Gasteiger partial charge in [-0.15, -0.1) is 0 Å². The Morgan fingerprint density at radius 1 is 1.67 bits per heavy atom. The van der Waals surface area contributed by atoms with E-state index >= 15 is 0 Å². The van der Waals surface area contributed by atoms with Crippen LogP contribution < -0.4 is 10.6 Å². The van der Waals surface area contributed by atoms with Crippen molar-refractivity contribution < 1.29 is 9.53 Å². The van der Waals surface area contributed by atoms with Gasteiger partial charge in [0, 0.05) is 19.8 Å². The second-order valence-corrected chi connectivity index (χ2v) is 4.52. The zero-order valence-electron chi connectivity index (χ0n) is 9.93. The SMILES string of the molecule is COCCC(C)NC(=O)C1(C)CCCN1. The Kier molecular flexibility index (Phi) is 4.54. The third-order valence-corrected chi connectivity index (χ3v) is 3.00. The molecule has 0 aromatic heterocycles. The molecule has 4 heteroatoms. The van der Waals surface area contributed by atoms with Gasteiger partial charge < -0.3 is 15.4 Å². The van der Waals surface area contributed by atoms with Gasteiger partial charge in [-0.1, -0.05) is 0 Å². The van der Waals surface area contributed by atoms with Crippen LogP contribution in [0.2, 0.25) is 0 Å². The topological polar surface area (TPSA) is 50.4 Å². The lowest BCUT2D eigenvalue weighted by atomic mass is 9.99. The fraction of sp³-hybridized carbons (Fsp3) is 0.909. The zero-order valence-corrected chi connectivity index (χ0v) is 9.93. The molecule has 0 spiro atoms. The lowest BCUT2D eigenvalue weighted by Gasteiger charge is -2.25. The van der Waals surface area contributed by atoms with Crippen LogP contribution in [0, 0.1) is 0 Å². The lowest BCUT2D eigenvalue weighted by Crippen LogP contribution is -2.53. The summed E-state index contributed by atoms with van der Waals surface area (Å²) in [6, 6.07) is 0.177. The van der Waals surface area contributed by atoms with Crippen LogP contribution in [0.5, 0.6) is 0 Å². The molecule has 0 aromatic carbocycles. The molecule has 1 saturated heterocycles. The molecule has 1 amide bonds. The van der Waals surface area contributed by atoms with Gasteiger partial charge in [0.2, 0.25) is 5.91 Å². The van der Waals surface area contributed by atoms with Gasteiger partial charge >= 0.3 is 0 Å². The summed E-state index contributed by atoms with van der Waals surface area (Å²) < 4.78 is 4.98. The van der Waals surface area contributed by atoms with Gasteiger partial charge in [-0.2, -0.15) is 0 Å². The van der Waals surface area contributed by atoms with Gasteiger partial charge in [0.25, 0.3) is 0 Å². The Morgan fingerprint density at radius 3 is 2.93 bits per heavy atom. The van der Waals surface area contributed by atoms with Crippen molar-refractivity contribution in [1.29, 1.82) is 0 Å². The summed E-state index contributed by atoms with van der Waals surface area (Å²) in [7, 11) is 1.67. The van der Waals surface area contributed by atoms with Crippen molar-refractivity contribution in [3.05, 3.63) is 0 Å². The van der Waals surface area contributed by atoms with Gasteiger partial charge in [0.15, 0.2) is 0 Å². The maximum Gasteiger partial charge on any atom is 0.240 e. The molecule has 0 aliphatic carbocycles. The van der Waals surface area contributed by atoms with E-state index in [0.717, 1.165) is 25.8 Å². The number of carbonyl (C=O) groups excluding carboxylic acids is 1. The Balaban J connectivity index is 2.34. The molecule has 1 fully saturated rings. The Labute approximate surface area is 91.8 Å². The summed E-state index contributed by atoms with van der Waals surface area (Å²) in [5.74, 6) is 0.114. The van der Waals surface area contributed by atoms with Crippen molar-refractivity contribution in [2.24, 2.45) is 0 Å². The maximum atomic E-state index is 11.9. The van der Waals surface area contributed by atoms with Crippen LogP contribution >= 0.6 is 0 Å². The number of rotatable bonds is 5. The van der Waals surface area contributed by atoms with Crippen molar-refractivity contribution in [3.63, 3.8) is 0 Å². The van der Waals surface area contributed by atoms with Crippen molar-refractivity contribution in [2.45, 2.75) is 44.7 Å². The van der Waals surface area contributed by atoms with Gasteiger partial charge in [-0.3, -0.25) is 4.79 Å². The molecule has 2 N–H and O–H groups in total. The molecule has 0 aromatic rings. The normalized spacial score (nSPS) is 27.7. The smallest absolute Gasteiger partial charge is 0.240 e. The highest BCUT2D eigenvalue weighted by Crippen LogP contribution is 2.18. The van der Waals surface area contributed by atoms with Crippen molar-refractivity contribution in [3.8, 4) is 0 Å². The number of ether oxygens (including phenoxy) is 1. The Hall–Kier alpha value is -0.610. The maximum absolute atomic E-state index is 11.9. The lowest BCUT2D eigenvalue weighted by molar-refractivity contribution is -0.127. The van der Waals surface area contributed by atoms with E-state index in [0.29, 0.717) is 6.61 Å². The van der Waals surface area contributed by atoms with Crippen molar-refractivity contribution in [2.75, 3.05) is 20.3 Å². The highest BCUT2D eigenvalue weighted by molar-refractivity contribution is 5.86. The highest BCUT2D eigenvalue weighted by atomic mass is 16.5. The monoisotopic (exact) mass is 214 g/mol. The molecule has 4 nitrogen and oxygen atoms in total. The first-order valence-electron chi connectivity index (χ1n) is 5.63.